The van der Waals surface area contributed by atoms with Crippen LogP contribution in [-0.4, -0.2) is 15.7 Å². The van der Waals surface area contributed by atoms with Gasteiger partial charge in [-0.1, -0.05) is 60.7 Å². The van der Waals surface area contributed by atoms with Crippen LogP contribution in [0.5, 0.6) is 0 Å². The topological polar surface area (TPSA) is 46.9 Å². The Labute approximate surface area is 145 Å². The highest BCUT2D eigenvalue weighted by Gasteiger charge is 2.13. The lowest BCUT2D eigenvalue weighted by Crippen LogP contribution is -2.24. The van der Waals surface area contributed by atoms with Crippen molar-refractivity contribution < 1.29 is 4.79 Å². The SMILES string of the molecule is O=C(NCc1ccccc1)c1ccccc1-n1cc2ccccc2n1. The van der Waals surface area contributed by atoms with Crippen molar-refractivity contribution in [2.75, 3.05) is 0 Å². The predicted octanol–water partition coefficient (Wildman–Crippen LogP) is 3.96. The van der Waals surface area contributed by atoms with Gasteiger partial charge in [0.25, 0.3) is 5.91 Å². The summed E-state index contributed by atoms with van der Waals surface area (Å²) in [6, 6.07) is 25.3. The van der Waals surface area contributed by atoms with Crippen LogP contribution >= 0.6 is 0 Å². The van der Waals surface area contributed by atoms with Crippen LogP contribution < -0.4 is 5.32 Å². The Bertz CT molecular complexity index is 988. The first-order chi connectivity index (χ1) is 12.3. The maximum atomic E-state index is 12.7. The number of amides is 1. The van der Waals surface area contributed by atoms with E-state index in [1.807, 2.05) is 85.1 Å². The van der Waals surface area contributed by atoms with Crippen LogP contribution in [0.3, 0.4) is 0 Å². The van der Waals surface area contributed by atoms with Crippen molar-refractivity contribution in [3.8, 4) is 5.69 Å². The molecule has 1 aromatic heterocycles. The number of benzene rings is 3. The second-order valence-electron chi connectivity index (χ2n) is 5.82. The minimum atomic E-state index is -0.112. The summed E-state index contributed by atoms with van der Waals surface area (Å²) in [7, 11) is 0. The maximum Gasteiger partial charge on any atom is 0.253 e. The first kappa shape index (κ1) is 15.1. The number of aromatic nitrogens is 2. The summed E-state index contributed by atoms with van der Waals surface area (Å²) in [5.41, 5.74) is 3.34. The zero-order chi connectivity index (χ0) is 17.1. The van der Waals surface area contributed by atoms with E-state index in [0.717, 1.165) is 22.2 Å². The summed E-state index contributed by atoms with van der Waals surface area (Å²) in [6.07, 6.45) is 1.94. The van der Waals surface area contributed by atoms with Crippen LogP contribution in [0.2, 0.25) is 0 Å². The summed E-state index contributed by atoms with van der Waals surface area (Å²) in [6.45, 7) is 0.495. The summed E-state index contributed by atoms with van der Waals surface area (Å²) < 4.78 is 1.77. The Morgan fingerprint density at radius 2 is 1.60 bits per heavy atom. The van der Waals surface area contributed by atoms with Crippen LogP contribution in [0.15, 0.2) is 85.1 Å². The average Bonchev–Trinajstić information content (AvgIpc) is 3.11. The molecule has 1 N–H and O–H groups in total. The van der Waals surface area contributed by atoms with Gasteiger partial charge in [0.05, 0.1) is 16.8 Å². The third-order valence-corrected chi connectivity index (χ3v) is 4.10. The van der Waals surface area contributed by atoms with Gasteiger partial charge in [-0.15, -0.1) is 0 Å². The molecule has 25 heavy (non-hydrogen) atoms. The second kappa shape index (κ2) is 6.61. The first-order valence-corrected chi connectivity index (χ1v) is 8.17. The number of nitrogens with one attached hydrogen (secondary N) is 1. The quantitative estimate of drug-likeness (QED) is 0.617. The molecule has 4 rings (SSSR count). The Morgan fingerprint density at radius 3 is 2.44 bits per heavy atom. The molecule has 0 saturated heterocycles. The molecular weight excluding hydrogens is 310 g/mol. The van der Waals surface area contributed by atoms with Gasteiger partial charge in [0.15, 0.2) is 0 Å². The van der Waals surface area contributed by atoms with Gasteiger partial charge in [-0.05, 0) is 23.8 Å². The van der Waals surface area contributed by atoms with E-state index in [2.05, 4.69) is 10.4 Å². The maximum absolute atomic E-state index is 12.7. The van der Waals surface area contributed by atoms with Gasteiger partial charge in [0.2, 0.25) is 0 Å². The summed E-state index contributed by atoms with van der Waals surface area (Å²) in [4.78, 5) is 12.7. The van der Waals surface area contributed by atoms with E-state index in [1.165, 1.54) is 0 Å². The summed E-state index contributed by atoms with van der Waals surface area (Å²) >= 11 is 0. The van der Waals surface area contributed by atoms with Gasteiger partial charge in [-0.2, -0.15) is 5.10 Å². The van der Waals surface area contributed by atoms with E-state index in [4.69, 9.17) is 0 Å². The Balaban J connectivity index is 1.63. The number of para-hydroxylation sites is 1. The molecule has 0 fully saturated rings. The third-order valence-electron chi connectivity index (χ3n) is 4.10. The smallest absolute Gasteiger partial charge is 0.253 e. The van der Waals surface area contributed by atoms with Gasteiger partial charge in [0, 0.05) is 18.1 Å². The highest BCUT2D eigenvalue weighted by atomic mass is 16.1. The molecule has 0 atom stereocenters. The number of hydrogen-bond donors (Lipinski definition) is 1. The van der Waals surface area contributed by atoms with Crippen LogP contribution in [-0.2, 0) is 6.54 Å². The molecule has 0 aliphatic carbocycles. The van der Waals surface area contributed by atoms with Crippen LogP contribution in [0.25, 0.3) is 16.6 Å². The van der Waals surface area contributed by atoms with E-state index in [9.17, 15) is 4.79 Å². The third kappa shape index (κ3) is 3.15. The van der Waals surface area contributed by atoms with Crippen LogP contribution in [0.4, 0.5) is 0 Å². The van der Waals surface area contributed by atoms with Crippen molar-refractivity contribution in [1.82, 2.24) is 15.1 Å². The molecule has 0 aliphatic heterocycles. The fourth-order valence-electron chi connectivity index (χ4n) is 2.83. The molecule has 3 aromatic carbocycles. The molecule has 4 heteroatoms. The van der Waals surface area contributed by atoms with Gasteiger partial charge in [-0.25, -0.2) is 4.68 Å². The number of carbonyl (C=O) groups excluding carboxylic acids is 1. The van der Waals surface area contributed by atoms with Crippen molar-refractivity contribution in [2.45, 2.75) is 6.54 Å². The minimum Gasteiger partial charge on any atom is -0.348 e. The van der Waals surface area contributed by atoms with Gasteiger partial charge in [0.1, 0.15) is 0 Å². The van der Waals surface area contributed by atoms with Crippen LogP contribution in [0.1, 0.15) is 15.9 Å². The zero-order valence-electron chi connectivity index (χ0n) is 13.6. The van der Waals surface area contributed by atoms with E-state index in [1.54, 1.807) is 4.68 Å². The first-order valence-electron chi connectivity index (χ1n) is 8.17. The zero-order valence-corrected chi connectivity index (χ0v) is 13.6. The van der Waals surface area contributed by atoms with Crippen molar-refractivity contribution in [3.05, 3.63) is 96.2 Å². The van der Waals surface area contributed by atoms with Crippen molar-refractivity contribution in [1.29, 1.82) is 0 Å². The van der Waals surface area contributed by atoms with Crippen LogP contribution in [0, 0.1) is 0 Å². The molecule has 0 saturated carbocycles. The fourth-order valence-corrected chi connectivity index (χ4v) is 2.83. The van der Waals surface area contributed by atoms with E-state index >= 15 is 0 Å². The molecule has 0 unspecified atom stereocenters. The predicted molar refractivity (Wildman–Crippen MR) is 98.7 cm³/mol. The molecule has 4 nitrogen and oxygen atoms in total. The normalized spacial score (nSPS) is 10.7. The second-order valence-corrected chi connectivity index (χ2v) is 5.82. The highest BCUT2D eigenvalue weighted by molar-refractivity contribution is 5.97. The van der Waals surface area contributed by atoms with Crippen molar-refractivity contribution in [3.63, 3.8) is 0 Å². The molecule has 1 amide bonds. The number of fused-ring (bicyclic) bond motifs is 1. The van der Waals surface area contributed by atoms with Crippen molar-refractivity contribution in [2.24, 2.45) is 0 Å². The lowest BCUT2D eigenvalue weighted by molar-refractivity contribution is 0.0951. The number of nitrogens with zero attached hydrogens (tertiary/aromatic N) is 2. The van der Waals surface area contributed by atoms with E-state index in [0.29, 0.717) is 12.1 Å². The number of rotatable bonds is 4. The Hall–Kier alpha value is -3.40. The highest BCUT2D eigenvalue weighted by Crippen LogP contribution is 2.18. The molecule has 0 radical (unpaired) electrons. The van der Waals surface area contributed by atoms with E-state index < -0.39 is 0 Å². The monoisotopic (exact) mass is 327 g/mol. The molecule has 122 valence electrons. The fraction of sp³-hybridized carbons (Fsp3) is 0.0476. The molecule has 4 aromatic rings. The van der Waals surface area contributed by atoms with Gasteiger partial charge >= 0.3 is 0 Å². The molecular formula is C21H17N3O. The molecule has 0 bridgehead atoms. The average molecular weight is 327 g/mol. The standard InChI is InChI=1S/C21H17N3O/c25-21(22-14-16-8-2-1-3-9-16)18-11-5-7-13-20(18)24-15-17-10-4-6-12-19(17)23-24/h1-13,15H,14H2,(H,22,25). The summed E-state index contributed by atoms with van der Waals surface area (Å²) in [5.74, 6) is -0.112. The van der Waals surface area contributed by atoms with Gasteiger partial charge in [-0.3, -0.25) is 4.79 Å². The lowest BCUT2D eigenvalue weighted by Gasteiger charge is -2.10. The molecule has 0 spiro atoms. The van der Waals surface area contributed by atoms with Gasteiger partial charge < -0.3 is 5.32 Å². The Kier molecular flexibility index (Phi) is 4.01. The number of carbonyl (C=O) groups is 1. The lowest BCUT2D eigenvalue weighted by atomic mass is 10.1. The number of hydrogen-bond acceptors (Lipinski definition) is 2. The minimum absolute atomic E-state index is 0.112. The molecule has 0 aliphatic rings. The summed E-state index contributed by atoms with van der Waals surface area (Å²) in [5, 5.41) is 8.60. The van der Waals surface area contributed by atoms with Crippen molar-refractivity contribution >= 4 is 16.8 Å². The Morgan fingerprint density at radius 1 is 0.880 bits per heavy atom. The van der Waals surface area contributed by atoms with E-state index in [-0.39, 0.29) is 5.91 Å². The molecule has 1 heterocycles. The largest absolute Gasteiger partial charge is 0.348 e.